The van der Waals surface area contributed by atoms with Crippen molar-refractivity contribution in [3.05, 3.63) is 59.3 Å². The predicted molar refractivity (Wildman–Crippen MR) is 86.6 cm³/mol. The number of nitrogens with zero attached hydrogens (tertiary/aromatic N) is 1. The number of hydrogen-bond donors (Lipinski definition) is 1. The van der Waals surface area contributed by atoms with E-state index in [1.165, 1.54) is 11.1 Å². The normalized spacial score (nSPS) is 15.5. The quantitative estimate of drug-likeness (QED) is 0.865. The molecular weight excluding hydrogens is 276 g/mol. The Morgan fingerprint density at radius 1 is 1.05 bits per heavy atom. The van der Waals surface area contributed by atoms with Gasteiger partial charge in [-0.2, -0.15) is 0 Å². The van der Waals surface area contributed by atoms with Gasteiger partial charge in [0.05, 0.1) is 0 Å². The summed E-state index contributed by atoms with van der Waals surface area (Å²) < 4.78 is 11.2. The van der Waals surface area contributed by atoms with E-state index in [2.05, 4.69) is 35.4 Å². The number of benzene rings is 2. The fourth-order valence-corrected chi connectivity index (χ4v) is 2.95. The highest BCUT2D eigenvalue weighted by Gasteiger charge is 2.15. The van der Waals surface area contributed by atoms with Crippen LogP contribution in [0, 0.1) is 0 Å². The van der Waals surface area contributed by atoms with E-state index in [0.717, 1.165) is 35.8 Å². The van der Waals surface area contributed by atoms with Crippen LogP contribution in [-0.2, 0) is 13.1 Å². The maximum atomic E-state index is 6.02. The molecule has 22 heavy (non-hydrogen) atoms. The van der Waals surface area contributed by atoms with E-state index in [4.69, 9.17) is 15.2 Å². The summed E-state index contributed by atoms with van der Waals surface area (Å²) in [4.78, 5) is 2.27. The first-order chi connectivity index (χ1) is 10.8. The molecule has 0 bridgehead atoms. The van der Waals surface area contributed by atoms with Crippen molar-refractivity contribution in [3.8, 4) is 11.5 Å². The lowest BCUT2D eigenvalue weighted by Gasteiger charge is -2.27. The summed E-state index contributed by atoms with van der Waals surface area (Å²) in [5.74, 6) is 1.68. The van der Waals surface area contributed by atoms with Gasteiger partial charge in [0.15, 0.2) is 11.5 Å². The van der Waals surface area contributed by atoms with Crippen LogP contribution >= 0.6 is 0 Å². The number of ether oxygens (including phenoxy) is 2. The van der Waals surface area contributed by atoms with Gasteiger partial charge in [-0.3, -0.25) is 0 Å². The van der Waals surface area contributed by atoms with Crippen LogP contribution in [0.2, 0.25) is 0 Å². The molecule has 2 heterocycles. The average molecular weight is 294 g/mol. The van der Waals surface area contributed by atoms with Crippen molar-refractivity contribution < 1.29 is 9.47 Å². The Hall–Kier alpha value is -2.62. The highest BCUT2D eigenvalue weighted by molar-refractivity contribution is 5.68. The Balaban J connectivity index is 1.53. The Bertz CT molecular complexity index is 740. The summed E-state index contributed by atoms with van der Waals surface area (Å²) >= 11 is 0. The molecule has 0 aliphatic carbocycles. The molecule has 0 radical (unpaired) electrons. The molecule has 2 aliphatic heterocycles. The van der Waals surface area contributed by atoms with Crippen LogP contribution in [0.25, 0.3) is 6.08 Å². The Morgan fingerprint density at radius 3 is 2.82 bits per heavy atom. The van der Waals surface area contributed by atoms with Gasteiger partial charge in [0.1, 0.15) is 13.2 Å². The molecule has 0 saturated heterocycles. The molecule has 4 heteroatoms. The smallest absolute Gasteiger partial charge is 0.161 e. The third-order valence-corrected chi connectivity index (χ3v) is 4.05. The second-order valence-electron chi connectivity index (χ2n) is 5.62. The Kier molecular flexibility index (Phi) is 3.15. The molecule has 4 rings (SSSR count). The third kappa shape index (κ3) is 2.37. The van der Waals surface area contributed by atoms with Crippen molar-refractivity contribution in [2.45, 2.75) is 13.1 Å². The zero-order valence-electron chi connectivity index (χ0n) is 12.3. The van der Waals surface area contributed by atoms with E-state index in [1.54, 1.807) is 0 Å². The van der Waals surface area contributed by atoms with Gasteiger partial charge in [-0.05, 0) is 35.4 Å². The molecule has 112 valence electrons. The Morgan fingerprint density at radius 2 is 1.91 bits per heavy atom. The molecule has 0 fully saturated rings. The monoisotopic (exact) mass is 294 g/mol. The van der Waals surface area contributed by atoms with Gasteiger partial charge in [0.2, 0.25) is 0 Å². The lowest BCUT2D eigenvalue weighted by molar-refractivity contribution is 0.171. The molecule has 0 saturated carbocycles. The van der Waals surface area contributed by atoms with Crippen molar-refractivity contribution in [1.29, 1.82) is 0 Å². The first kappa shape index (κ1) is 13.1. The molecule has 0 spiro atoms. The zero-order valence-corrected chi connectivity index (χ0v) is 12.3. The standard InChI is InChI=1S/C18H18N2O2/c19-16-3-1-2-14-12-20(7-6-15(14)16)11-13-4-5-17-18(10-13)22-9-8-21-17/h1-7,10H,8-9,11-12,19H2. The third-order valence-electron chi connectivity index (χ3n) is 4.05. The number of nitrogen functional groups attached to an aromatic ring is 1. The summed E-state index contributed by atoms with van der Waals surface area (Å²) in [5, 5.41) is 0. The molecule has 0 amide bonds. The van der Waals surface area contributed by atoms with E-state index < -0.39 is 0 Å². The summed E-state index contributed by atoms with van der Waals surface area (Å²) in [6.45, 7) is 2.94. The summed E-state index contributed by atoms with van der Waals surface area (Å²) in [7, 11) is 0. The topological polar surface area (TPSA) is 47.7 Å². The maximum absolute atomic E-state index is 6.02. The number of fused-ring (bicyclic) bond motifs is 2. The van der Waals surface area contributed by atoms with E-state index in [-0.39, 0.29) is 0 Å². The van der Waals surface area contributed by atoms with Gasteiger partial charge in [0.25, 0.3) is 0 Å². The number of nitrogens with two attached hydrogens (primary N) is 1. The highest BCUT2D eigenvalue weighted by Crippen LogP contribution is 2.32. The summed E-state index contributed by atoms with van der Waals surface area (Å²) in [6, 6.07) is 12.2. The predicted octanol–water partition coefficient (Wildman–Crippen LogP) is 3.03. The van der Waals surface area contributed by atoms with Crippen LogP contribution in [0.3, 0.4) is 0 Å². The molecule has 0 unspecified atom stereocenters. The van der Waals surface area contributed by atoms with Gasteiger partial charge < -0.3 is 20.1 Å². The van der Waals surface area contributed by atoms with Crippen LogP contribution in [0.4, 0.5) is 5.69 Å². The Labute approximate surface area is 129 Å². The SMILES string of the molecule is Nc1cccc2c1C=CN(Cc1ccc3c(c1)OCCO3)C2. The van der Waals surface area contributed by atoms with E-state index >= 15 is 0 Å². The van der Waals surface area contributed by atoms with Crippen molar-refractivity contribution in [1.82, 2.24) is 4.90 Å². The van der Waals surface area contributed by atoms with Crippen LogP contribution < -0.4 is 15.2 Å². The van der Waals surface area contributed by atoms with Crippen molar-refractivity contribution in [2.24, 2.45) is 0 Å². The lowest BCUT2D eigenvalue weighted by atomic mass is 10.0. The molecular formula is C18H18N2O2. The second kappa shape index (κ2) is 5.30. The van der Waals surface area contributed by atoms with Crippen molar-refractivity contribution in [3.63, 3.8) is 0 Å². The van der Waals surface area contributed by atoms with E-state index in [0.29, 0.717) is 13.2 Å². The summed E-state index contributed by atoms with van der Waals surface area (Å²) in [5.41, 5.74) is 10.5. The van der Waals surface area contributed by atoms with Gasteiger partial charge in [-0.15, -0.1) is 0 Å². The van der Waals surface area contributed by atoms with Crippen molar-refractivity contribution >= 4 is 11.8 Å². The first-order valence-electron chi connectivity index (χ1n) is 7.48. The largest absolute Gasteiger partial charge is 0.486 e. The van der Waals surface area contributed by atoms with Gasteiger partial charge in [-0.1, -0.05) is 18.2 Å². The number of hydrogen-bond acceptors (Lipinski definition) is 4. The van der Waals surface area contributed by atoms with Gasteiger partial charge >= 0.3 is 0 Å². The van der Waals surface area contributed by atoms with Crippen LogP contribution in [0.5, 0.6) is 11.5 Å². The molecule has 4 nitrogen and oxygen atoms in total. The second-order valence-corrected chi connectivity index (χ2v) is 5.62. The number of anilines is 1. The summed E-state index contributed by atoms with van der Waals surface area (Å²) in [6.07, 6.45) is 4.20. The van der Waals surface area contributed by atoms with Crippen molar-refractivity contribution in [2.75, 3.05) is 18.9 Å². The average Bonchev–Trinajstić information content (AvgIpc) is 2.55. The highest BCUT2D eigenvalue weighted by atomic mass is 16.6. The molecule has 0 atom stereocenters. The zero-order chi connectivity index (χ0) is 14.9. The molecule has 2 aliphatic rings. The van der Waals surface area contributed by atoms with Crippen LogP contribution in [-0.4, -0.2) is 18.1 Å². The first-order valence-corrected chi connectivity index (χ1v) is 7.48. The van der Waals surface area contributed by atoms with Gasteiger partial charge in [0, 0.05) is 30.5 Å². The van der Waals surface area contributed by atoms with E-state index in [9.17, 15) is 0 Å². The number of rotatable bonds is 2. The minimum absolute atomic E-state index is 0.618. The van der Waals surface area contributed by atoms with E-state index in [1.807, 2.05) is 18.2 Å². The minimum Gasteiger partial charge on any atom is -0.486 e. The fourth-order valence-electron chi connectivity index (χ4n) is 2.95. The fraction of sp³-hybridized carbons (Fsp3) is 0.222. The minimum atomic E-state index is 0.618. The molecule has 2 aromatic rings. The van der Waals surface area contributed by atoms with Crippen LogP contribution in [0.15, 0.2) is 42.6 Å². The molecule has 2 N–H and O–H groups in total. The van der Waals surface area contributed by atoms with Crippen LogP contribution in [0.1, 0.15) is 16.7 Å². The molecule has 2 aromatic carbocycles. The van der Waals surface area contributed by atoms with Gasteiger partial charge in [-0.25, -0.2) is 0 Å². The lowest BCUT2D eigenvalue weighted by Crippen LogP contribution is -2.20. The maximum Gasteiger partial charge on any atom is 0.161 e. The molecule has 0 aromatic heterocycles.